The highest BCUT2D eigenvalue weighted by Crippen LogP contribution is 2.30. The van der Waals surface area contributed by atoms with Crippen molar-refractivity contribution in [1.29, 1.82) is 0 Å². The minimum absolute atomic E-state index is 0. The van der Waals surface area contributed by atoms with Gasteiger partial charge in [0.25, 0.3) is 0 Å². The highest BCUT2D eigenvalue weighted by atomic mass is 32.2. The third kappa shape index (κ3) is 3.93. The maximum absolute atomic E-state index is 11.2. The maximum atomic E-state index is 11.2. The molecule has 0 spiro atoms. The van der Waals surface area contributed by atoms with Crippen molar-refractivity contribution >= 4 is 34.8 Å². The molecule has 1 aromatic heterocycles. The third-order valence-electron chi connectivity index (χ3n) is 2.93. The van der Waals surface area contributed by atoms with Crippen molar-refractivity contribution in [1.82, 2.24) is 9.97 Å². The molecule has 0 aliphatic carbocycles. The molecule has 3 rings (SSSR count). The molecular formula is C15H15N3O4S. The first-order valence-corrected chi connectivity index (χ1v) is 7.27. The van der Waals surface area contributed by atoms with Gasteiger partial charge in [-0.05, 0) is 42.5 Å². The average molecular weight is 333 g/mol. The number of methoxy groups -OCH3 is 1. The Balaban J connectivity index is 0.00000192. The fourth-order valence-electron chi connectivity index (χ4n) is 1.91. The molecule has 7 nitrogen and oxygen atoms in total. The van der Waals surface area contributed by atoms with Gasteiger partial charge in [-0.3, -0.25) is 5.32 Å². The first kappa shape index (κ1) is 16.7. The van der Waals surface area contributed by atoms with E-state index in [1.165, 1.54) is 7.11 Å². The monoisotopic (exact) mass is 333 g/mol. The van der Waals surface area contributed by atoms with Gasteiger partial charge in [0.05, 0.1) is 18.1 Å². The van der Waals surface area contributed by atoms with Crippen LogP contribution in [0.4, 0.5) is 10.7 Å². The number of carbonyl (C=O) groups excluding carboxylic acids is 1. The number of phenolic OH excluding ortho intramolecular Hbond substituents is 1. The third-order valence-corrected chi connectivity index (χ3v) is 3.93. The highest BCUT2D eigenvalue weighted by molar-refractivity contribution is 7.99. The summed E-state index contributed by atoms with van der Waals surface area (Å²) in [5, 5.41) is 11.8. The number of hydrogen-bond acceptors (Lipinski definition) is 5. The molecule has 0 unspecified atom stereocenters. The van der Waals surface area contributed by atoms with Crippen molar-refractivity contribution in [3.63, 3.8) is 0 Å². The van der Waals surface area contributed by atoms with Gasteiger partial charge in [0.15, 0.2) is 0 Å². The van der Waals surface area contributed by atoms with Gasteiger partial charge in [-0.15, -0.1) is 0 Å². The normalized spacial score (nSPS) is 10.1. The van der Waals surface area contributed by atoms with E-state index in [0.717, 1.165) is 20.8 Å². The van der Waals surface area contributed by atoms with Crippen LogP contribution in [0.15, 0.2) is 52.3 Å². The van der Waals surface area contributed by atoms with Crippen LogP contribution < -0.4 is 5.32 Å². The Labute approximate surface area is 136 Å². The van der Waals surface area contributed by atoms with Crippen LogP contribution in [0, 0.1) is 0 Å². The first-order chi connectivity index (χ1) is 10.6. The van der Waals surface area contributed by atoms with Gasteiger partial charge in [0, 0.05) is 9.79 Å². The fraction of sp³-hybridized carbons (Fsp3) is 0.0667. The van der Waals surface area contributed by atoms with E-state index in [1.807, 2.05) is 30.3 Å². The molecular weight excluding hydrogens is 318 g/mol. The number of phenols is 1. The molecule has 0 radical (unpaired) electrons. The van der Waals surface area contributed by atoms with Crippen LogP contribution in [-0.4, -0.2) is 33.8 Å². The van der Waals surface area contributed by atoms with Crippen molar-refractivity contribution in [2.75, 3.05) is 12.4 Å². The number of aromatic hydroxyl groups is 1. The number of nitrogens with zero attached hydrogens (tertiary/aromatic N) is 1. The summed E-state index contributed by atoms with van der Waals surface area (Å²) in [6, 6.07) is 12.8. The quantitative estimate of drug-likeness (QED) is 0.681. The molecule has 1 heterocycles. The number of imidazole rings is 1. The number of fused-ring (bicyclic) bond motifs is 1. The summed E-state index contributed by atoms with van der Waals surface area (Å²) in [7, 11) is 1.30. The summed E-state index contributed by atoms with van der Waals surface area (Å²) in [4.78, 5) is 20.5. The van der Waals surface area contributed by atoms with Crippen LogP contribution >= 0.6 is 11.8 Å². The van der Waals surface area contributed by atoms with E-state index in [-0.39, 0.29) is 11.2 Å². The van der Waals surface area contributed by atoms with Gasteiger partial charge in [-0.1, -0.05) is 11.8 Å². The summed E-state index contributed by atoms with van der Waals surface area (Å²) in [5.41, 5.74) is 1.57. The molecule has 0 atom stereocenters. The van der Waals surface area contributed by atoms with E-state index in [9.17, 15) is 9.90 Å². The molecule has 1 amide bonds. The minimum atomic E-state index is -0.572. The smallest absolute Gasteiger partial charge is 0.413 e. The standard InChI is InChI=1S/C15H13N3O3S.H2O/c1-21-15(20)18-14-16-12-7-6-11(8-13(12)17-14)22-10-4-2-9(19)3-5-10;/h2-8,19H,1H3,(H2,16,17,18,20);1H2. The SMILES string of the molecule is COC(=O)Nc1nc2ccc(Sc3ccc(O)cc3)cc2[nH]1.O. The number of aromatic amines is 1. The number of benzene rings is 2. The number of H-pyrrole nitrogens is 1. The number of amides is 1. The lowest BCUT2D eigenvalue weighted by Gasteiger charge is -2.01. The molecule has 0 aliphatic rings. The molecule has 0 saturated carbocycles. The zero-order chi connectivity index (χ0) is 15.5. The molecule has 120 valence electrons. The summed E-state index contributed by atoms with van der Waals surface area (Å²) in [5.74, 6) is 0.584. The second-order valence-electron chi connectivity index (χ2n) is 4.48. The Morgan fingerprint density at radius 2 is 1.91 bits per heavy atom. The number of nitrogens with one attached hydrogen (secondary N) is 2. The van der Waals surface area contributed by atoms with Crippen molar-refractivity contribution in [3.8, 4) is 5.75 Å². The lowest BCUT2D eigenvalue weighted by Crippen LogP contribution is -2.11. The van der Waals surface area contributed by atoms with Crippen LogP contribution in [0.2, 0.25) is 0 Å². The van der Waals surface area contributed by atoms with Gasteiger partial charge in [-0.25, -0.2) is 9.78 Å². The zero-order valence-electron chi connectivity index (χ0n) is 12.2. The van der Waals surface area contributed by atoms with Crippen LogP contribution in [-0.2, 0) is 4.74 Å². The molecule has 8 heteroatoms. The van der Waals surface area contributed by atoms with Crippen LogP contribution in [0.3, 0.4) is 0 Å². The lowest BCUT2D eigenvalue weighted by molar-refractivity contribution is 0.186. The molecule has 0 aliphatic heterocycles. The van der Waals surface area contributed by atoms with Crippen molar-refractivity contribution in [2.24, 2.45) is 0 Å². The van der Waals surface area contributed by atoms with E-state index < -0.39 is 6.09 Å². The lowest BCUT2D eigenvalue weighted by atomic mass is 10.3. The van der Waals surface area contributed by atoms with Gasteiger partial charge >= 0.3 is 6.09 Å². The van der Waals surface area contributed by atoms with Gasteiger partial charge in [0.2, 0.25) is 5.95 Å². The Kier molecular flexibility index (Phi) is 5.09. The first-order valence-electron chi connectivity index (χ1n) is 6.45. The number of rotatable bonds is 3. The Morgan fingerprint density at radius 3 is 2.61 bits per heavy atom. The predicted molar refractivity (Wildman–Crippen MR) is 88.0 cm³/mol. The molecule has 0 fully saturated rings. The van der Waals surface area contributed by atoms with E-state index >= 15 is 0 Å². The molecule has 2 aromatic carbocycles. The van der Waals surface area contributed by atoms with E-state index in [2.05, 4.69) is 20.0 Å². The van der Waals surface area contributed by atoms with Crippen LogP contribution in [0.1, 0.15) is 0 Å². The van der Waals surface area contributed by atoms with Crippen molar-refractivity contribution < 1.29 is 20.1 Å². The topological polar surface area (TPSA) is 119 Å². The number of hydrogen-bond donors (Lipinski definition) is 3. The Bertz CT molecular complexity index is 817. The fourth-order valence-corrected chi connectivity index (χ4v) is 2.77. The van der Waals surface area contributed by atoms with E-state index in [1.54, 1.807) is 23.9 Å². The molecule has 0 saturated heterocycles. The predicted octanol–water partition coefficient (Wildman–Crippen LogP) is 2.77. The van der Waals surface area contributed by atoms with Crippen molar-refractivity contribution in [2.45, 2.75) is 9.79 Å². The van der Waals surface area contributed by atoms with Crippen LogP contribution in [0.5, 0.6) is 5.75 Å². The van der Waals surface area contributed by atoms with Gasteiger partial charge in [-0.2, -0.15) is 0 Å². The number of ether oxygens (including phenoxy) is 1. The van der Waals surface area contributed by atoms with Gasteiger partial charge in [0.1, 0.15) is 5.75 Å². The molecule has 23 heavy (non-hydrogen) atoms. The zero-order valence-corrected chi connectivity index (χ0v) is 13.0. The number of carbonyl (C=O) groups is 1. The van der Waals surface area contributed by atoms with E-state index in [4.69, 9.17) is 0 Å². The second kappa shape index (κ2) is 7.03. The largest absolute Gasteiger partial charge is 0.508 e. The number of anilines is 1. The van der Waals surface area contributed by atoms with Crippen LogP contribution in [0.25, 0.3) is 11.0 Å². The second-order valence-corrected chi connectivity index (χ2v) is 5.62. The summed E-state index contributed by atoms with van der Waals surface area (Å²) in [6.07, 6.45) is -0.572. The molecule has 3 aromatic rings. The maximum Gasteiger partial charge on any atom is 0.413 e. The Hall–Kier alpha value is -2.71. The van der Waals surface area contributed by atoms with E-state index in [0.29, 0.717) is 5.95 Å². The molecule has 0 bridgehead atoms. The highest BCUT2D eigenvalue weighted by Gasteiger charge is 2.07. The summed E-state index contributed by atoms with van der Waals surface area (Å²) >= 11 is 1.57. The summed E-state index contributed by atoms with van der Waals surface area (Å²) < 4.78 is 4.53. The molecule has 5 N–H and O–H groups in total. The average Bonchev–Trinajstić information content (AvgIpc) is 2.91. The summed E-state index contributed by atoms with van der Waals surface area (Å²) in [6.45, 7) is 0. The van der Waals surface area contributed by atoms with Gasteiger partial charge < -0.3 is 20.3 Å². The van der Waals surface area contributed by atoms with Crippen molar-refractivity contribution in [3.05, 3.63) is 42.5 Å². The number of aromatic nitrogens is 2. The Morgan fingerprint density at radius 1 is 1.22 bits per heavy atom. The minimum Gasteiger partial charge on any atom is -0.508 e.